The number of benzene rings is 2. The molecule has 2 N–H and O–H groups in total. The summed E-state index contributed by atoms with van der Waals surface area (Å²) < 4.78 is 39.9. The van der Waals surface area contributed by atoms with Crippen molar-refractivity contribution in [3.05, 3.63) is 64.0 Å². The zero-order valence-corrected chi connectivity index (χ0v) is 13.7. The van der Waals surface area contributed by atoms with Gasteiger partial charge in [-0.25, -0.2) is 13.2 Å². The Balaban J connectivity index is 1.86. The van der Waals surface area contributed by atoms with E-state index in [0.717, 1.165) is 12.1 Å². The maximum Gasteiger partial charge on any atom is 0.249 e. The van der Waals surface area contributed by atoms with Gasteiger partial charge in [0, 0.05) is 0 Å². The lowest BCUT2D eigenvalue weighted by Crippen LogP contribution is -2.05. The lowest BCUT2D eigenvalue weighted by atomic mass is 10.3. The summed E-state index contributed by atoms with van der Waals surface area (Å²) in [5.74, 6) is -4.23. The van der Waals surface area contributed by atoms with Crippen molar-refractivity contribution in [2.75, 3.05) is 10.6 Å². The molecule has 0 aliphatic rings. The molecular formula is C15H8Cl2F3N5. The van der Waals surface area contributed by atoms with Gasteiger partial charge in [-0.05, 0) is 24.3 Å². The number of nitrogens with zero attached hydrogens (tertiary/aromatic N) is 3. The van der Waals surface area contributed by atoms with Crippen LogP contribution in [0.25, 0.3) is 0 Å². The third kappa shape index (κ3) is 3.75. The molecule has 1 aromatic heterocycles. The molecular weight excluding hydrogens is 378 g/mol. The first-order valence-corrected chi connectivity index (χ1v) is 7.52. The highest BCUT2D eigenvalue weighted by molar-refractivity contribution is 6.39. The van der Waals surface area contributed by atoms with Crippen molar-refractivity contribution in [2.24, 2.45) is 0 Å². The summed E-state index contributed by atoms with van der Waals surface area (Å²) >= 11 is 12.1. The molecule has 0 saturated carbocycles. The standard InChI is InChI=1S/C15H8Cl2F3N5/c16-7-2-1-3-8(17)14(7)23-11-6-21-25-15(24-11)22-10-5-4-9(18)12(19)13(10)20/h1-6H,(H2,22,23,24,25). The fourth-order valence-electron chi connectivity index (χ4n) is 1.90. The first-order chi connectivity index (χ1) is 12.0. The van der Waals surface area contributed by atoms with Crippen molar-refractivity contribution in [1.29, 1.82) is 0 Å². The normalized spacial score (nSPS) is 10.6. The van der Waals surface area contributed by atoms with Gasteiger partial charge in [0.1, 0.15) is 0 Å². The summed E-state index contributed by atoms with van der Waals surface area (Å²) in [5, 5.41) is 13.3. The second kappa shape index (κ2) is 7.12. The van der Waals surface area contributed by atoms with E-state index in [1.165, 1.54) is 6.20 Å². The van der Waals surface area contributed by atoms with Crippen LogP contribution in [0, 0.1) is 17.5 Å². The van der Waals surface area contributed by atoms with Crippen LogP contribution in [0.2, 0.25) is 10.0 Å². The van der Waals surface area contributed by atoms with Crippen molar-refractivity contribution in [3.8, 4) is 0 Å². The number of rotatable bonds is 4. The SMILES string of the molecule is Fc1ccc(Nc2nncc(Nc3c(Cl)cccc3Cl)n2)c(F)c1F. The monoisotopic (exact) mass is 385 g/mol. The molecule has 10 heteroatoms. The van der Waals surface area contributed by atoms with Gasteiger partial charge in [0.05, 0.1) is 27.6 Å². The predicted molar refractivity (Wildman–Crippen MR) is 89.2 cm³/mol. The van der Waals surface area contributed by atoms with Crippen LogP contribution >= 0.6 is 23.2 Å². The zero-order valence-electron chi connectivity index (χ0n) is 12.2. The van der Waals surface area contributed by atoms with Gasteiger partial charge in [-0.2, -0.15) is 10.1 Å². The molecule has 0 aliphatic heterocycles. The average Bonchev–Trinajstić information content (AvgIpc) is 2.59. The van der Waals surface area contributed by atoms with E-state index in [9.17, 15) is 13.2 Å². The van der Waals surface area contributed by atoms with Crippen LogP contribution in [0.15, 0.2) is 36.5 Å². The molecule has 5 nitrogen and oxygen atoms in total. The first-order valence-electron chi connectivity index (χ1n) is 6.77. The topological polar surface area (TPSA) is 62.7 Å². The Hall–Kier alpha value is -2.58. The van der Waals surface area contributed by atoms with Gasteiger partial charge in [0.15, 0.2) is 23.3 Å². The lowest BCUT2D eigenvalue weighted by molar-refractivity contribution is 0.449. The summed E-state index contributed by atoms with van der Waals surface area (Å²) in [4.78, 5) is 4.04. The number of anilines is 4. The molecule has 0 unspecified atom stereocenters. The molecule has 2 aromatic carbocycles. The molecule has 25 heavy (non-hydrogen) atoms. The molecule has 0 atom stereocenters. The molecule has 0 spiro atoms. The van der Waals surface area contributed by atoms with Crippen LogP contribution in [-0.4, -0.2) is 15.2 Å². The third-order valence-corrected chi connectivity index (χ3v) is 3.69. The zero-order chi connectivity index (χ0) is 18.0. The Kier molecular flexibility index (Phi) is 4.91. The van der Waals surface area contributed by atoms with E-state index in [1.807, 2.05) is 0 Å². The fraction of sp³-hybridized carbons (Fsp3) is 0. The van der Waals surface area contributed by atoms with Crippen LogP contribution in [0.5, 0.6) is 0 Å². The summed E-state index contributed by atoms with van der Waals surface area (Å²) in [6, 6.07) is 6.72. The van der Waals surface area contributed by atoms with E-state index in [2.05, 4.69) is 25.8 Å². The maximum absolute atomic E-state index is 13.7. The first kappa shape index (κ1) is 17.2. The van der Waals surface area contributed by atoms with Gasteiger partial charge in [-0.15, -0.1) is 5.10 Å². The number of aromatic nitrogens is 3. The second-order valence-electron chi connectivity index (χ2n) is 4.73. The van der Waals surface area contributed by atoms with Gasteiger partial charge in [0.2, 0.25) is 5.95 Å². The van der Waals surface area contributed by atoms with Gasteiger partial charge in [-0.3, -0.25) is 0 Å². The highest BCUT2D eigenvalue weighted by atomic mass is 35.5. The predicted octanol–water partition coefficient (Wildman–Crippen LogP) is 5.08. The van der Waals surface area contributed by atoms with Crippen LogP contribution in [-0.2, 0) is 0 Å². The number of hydrogen-bond acceptors (Lipinski definition) is 5. The average molecular weight is 386 g/mol. The highest BCUT2D eigenvalue weighted by Crippen LogP contribution is 2.32. The minimum atomic E-state index is -1.60. The Labute approximate surface area is 149 Å². The van der Waals surface area contributed by atoms with E-state index in [0.29, 0.717) is 15.7 Å². The van der Waals surface area contributed by atoms with E-state index >= 15 is 0 Å². The Morgan fingerprint density at radius 1 is 0.880 bits per heavy atom. The van der Waals surface area contributed by atoms with E-state index in [-0.39, 0.29) is 17.5 Å². The van der Waals surface area contributed by atoms with Crippen molar-refractivity contribution < 1.29 is 13.2 Å². The molecule has 0 amide bonds. The molecule has 3 rings (SSSR count). The van der Waals surface area contributed by atoms with Crippen molar-refractivity contribution >= 4 is 46.3 Å². The fourth-order valence-corrected chi connectivity index (χ4v) is 2.40. The van der Waals surface area contributed by atoms with Gasteiger partial charge in [0.25, 0.3) is 0 Å². The molecule has 128 valence electrons. The van der Waals surface area contributed by atoms with E-state index < -0.39 is 17.5 Å². The Morgan fingerprint density at radius 2 is 1.60 bits per heavy atom. The van der Waals surface area contributed by atoms with Crippen molar-refractivity contribution in [3.63, 3.8) is 0 Å². The van der Waals surface area contributed by atoms with Crippen LogP contribution in [0.4, 0.5) is 36.3 Å². The molecule has 0 aliphatic carbocycles. The second-order valence-corrected chi connectivity index (χ2v) is 5.55. The van der Waals surface area contributed by atoms with Crippen LogP contribution in [0.3, 0.4) is 0 Å². The Morgan fingerprint density at radius 3 is 2.32 bits per heavy atom. The molecule has 0 radical (unpaired) electrons. The minimum Gasteiger partial charge on any atom is -0.336 e. The minimum absolute atomic E-state index is 0.141. The van der Waals surface area contributed by atoms with Crippen molar-refractivity contribution in [1.82, 2.24) is 15.2 Å². The van der Waals surface area contributed by atoms with Crippen molar-refractivity contribution in [2.45, 2.75) is 0 Å². The maximum atomic E-state index is 13.7. The van der Waals surface area contributed by atoms with Gasteiger partial charge < -0.3 is 10.6 Å². The quantitative estimate of drug-likeness (QED) is 0.612. The van der Waals surface area contributed by atoms with E-state index in [1.54, 1.807) is 18.2 Å². The highest BCUT2D eigenvalue weighted by Gasteiger charge is 2.15. The number of hydrogen-bond donors (Lipinski definition) is 2. The third-order valence-electron chi connectivity index (χ3n) is 3.06. The smallest absolute Gasteiger partial charge is 0.249 e. The summed E-state index contributed by atoms with van der Waals surface area (Å²) in [7, 11) is 0. The summed E-state index contributed by atoms with van der Waals surface area (Å²) in [6.07, 6.45) is 1.28. The van der Waals surface area contributed by atoms with Crippen LogP contribution in [0.1, 0.15) is 0 Å². The molecule has 3 aromatic rings. The molecule has 0 bridgehead atoms. The largest absolute Gasteiger partial charge is 0.336 e. The molecule has 0 saturated heterocycles. The van der Waals surface area contributed by atoms with Crippen LogP contribution < -0.4 is 10.6 Å². The number of para-hydroxylation sites is 1. The number of nitrogens with one attached hydrogen (secondary N) is 2. The van der Waals surface area contributed by atoms with Gasteiger partial charge >= 0.3 is 0 Å². The Bertz CT molecular complexity index is 919. The van der Waals surface area contributed by atoms with E-state index in [4.69, 9.17) is 23.2 Å². The summed E-state index contributed by atoms with van der Waals surface area (Å²) in [6.45, 7) is 0. The molecule has 1 heterocycles. The van der Waals surface area contributed by atoms with Gasteiger partial charge in [-0.1, -0.05) is 29.3 Å². The summed E-state index contributed by atoms with van der Waals surface area (Å²) in [5.41, 5.74) is 0.0601. The molecule has 0 fully saturated rings. The lowest BCUT2D eigenvalue weighted by Gasteiger charge is -2.10. The number of halogens is 5.